The van der Waals surface area contributed by atoms with Crippen molar-refractivity contribution in [2.24, 2.45) is 11.7 Å². The van der Waals surface area contributed by atoms with Gasteiger partial charge in [-0.25, -0.2) is 0 Å². The SMILES string of the molecule is CC(C)C(N)c1cc2cc(Cl)ccc2c(=O)n1Cc1ccccc1. The monoisotopic (exact) mass is 340 g/mol. The lowest BCUT2D eigenvalue weighted by atomic mass is 9.99. The van der Waals surface area contributed by atoms with E-state index < -0.39 is 0 Å². The average molecular weight is 341 g/mol. The molecule has 0 bridgehead atoms. The first kappa shape index (κ1) is 16.7. The molecule has 0 amide bonds. The molecule has 1 aromatic heterocycles. The van der Waals surface area contributed by atoms with Gasteiger partial charge in [-0.1, -0.05) is 55.8 Å². The van der Waals surface area contributed by atoms with E-state index in [0.717, 1.165) is 16.6 Å². The minimum Gasteiger partial charge on any atom is -0.323 e. The number of hydrogen-bond acceptors (Lipinski definition) is 2. The van der Waals surface area contributed by atoms with E-state index in [1.54, 1.807) is 16.7 Å². The van der Waals surface area contributed by atoms with Crippen LogP contribution in [-0.2, 0) is 6.54 Å². The Kier molecular flexibility index (Phi) is 4.74. The molecule has 24 heavy (non-hydrogen) atoms. The summed E-state index contributed by atoms with van der Waals surface area (Å²) in [6.07, 6.45) is 0. The zero-order valence-corrected chi connectivity index (χ0v) is 14.6. The molecule has 0 saturated carbocycles. The first-order chi connectivity index (χ1) is 11.5. The Balaban J connectivity index is 2.24. The molecule has 3 rings (SSSR count). The number of nitrogens with zero attached hydrogens (tertiary/aromatic N) is 1. The summed E-state index contributed by atoms with van der Waals surface area (Å²) in [6.45, 7) is 4.63. The topological polar surface area (TPSA) is 48.0 Å². The second-order valence-electron chi connectivity index (χ2n) is 6.45. The van der Waals surface area contributed by atoms with Crippen LogP contribution in [0.4, 0.5) is 0 Å². The Morgan fingerprint density at radius 3 is 2.46 bits per heavy atom. The van der Waals surface area contributed by atoms with Crippen LogP contribution in [0, 0.1) is 5.92 Å². The van der Waals surface area contributed by atoms with E-state index in [2.05, 4.69) is 13.8 Å². The van der Waals surface area contributed by atoms with Gasteiger partial charge in [-0.15, -0.1) is 0 Å². The maximum atomic E-state index is 13.1. The molecule has 4 heteroatoms. The first-order valence-corrected chi connectivity index (χ1v) is 8.47. The van der Waals surface area contributed by atoms with Crippen molar-refractivity contribution in [3.8, 4) is 0 Å². The highest BCUT2D eigenvalue weighted by molar-refractivity contribution is 6.31. The van der Waals surface area contributed by atoms with Gasteiger partial charge in [0.1, 0.15) is 0 Å². The van der Waals surface area contributed by atoms with Crippen molar-refractivity contribution >= 4 is 22.4 Å². The maximum Gasteiger partial charge on any atom is 0.258 e. The van der Waals surface area contributed by atoms with Gasteiger partial charge in [0.05, 0.1) is 6.54 Å². The second kappa shape index (κ2) is 6.80. The van der Waals surface area contributed by atoms with Crippen molar-refractivity contribution in [3.05, 3.63) is 81.2 Å². The normalized spacial score (nSPS) is 12.7. The van der Waals surface area contributed by atoms with Gasteiger partial charge in [0, 0.05) is 22.1 Å². The Morgan fingerprint density at radius 2 is 1.79 bits per heavy atom. The van der Waals surface area contributed by atoms with E-state index in [1.807, 2.05) is 42.5 Å². The van der Waals surface area contributed by atoms with Crippen molar-refractivity contribution in [1.82, 2.24) is 4.57 Å². The summed E-state index contributed by atoms with van der Waals surface area (Å²) in [7, 11) is 0. The molecule has 3 aromatic rings. The predicted molar refractivity (Wildman–Crippen MR) is 101 cm³/mol. The molecule has 0 radical (unpaired) electrons. The minimum atomic E-state index is -0.218. The van der Waals surface area contributed by atoms with Crippen LogP contribution in [0.25, 0.3) is 10.8 Å². The number of halogens is 1. The molecule has 124 valence electrons. The van der Waals surface area contributed by atoms with E-state index >= 15 is 0 Å². The Morgan fingerprint density at radius 1 is 1.08 bits per heavy atom. The Labute approximate surface area is 146 Å². The lowest BCUT2D eigenvalue weighted by Crippen LogP contribution is -2.30. The van der Waals surface area contributed by atoms with Gasteiger partial charge in [0.25, 0.3) is 5.56 Å². The summed E-state index contributed by atoms with van der Waals surface area (Å²) in [4.78, 5) is 13.1. The molecular formula is C20H21ClN2O. The number of hydrogen-bond donors (Lipinski definition) is 1. The molecule has 0 aliphatic heterocycles. The van der Waals surface area contributed by atoms with Crippen LogP contribution < -0.4 is 11.3 Å². The number of nitrogens with two attached hydrogens (primary N) is 1. The molecule has 0 aliphatic rings. The van der Waals surface area contributed by atoms with Crippen LogP contribution >= 0.6 is 11.6 Å². The molecule has 2 N–H and O–H groups in total. The summed E-state index contributed by atoms with van der Waals surface area (Å²) < 4.78 is 1.79. The highest BCUT2D eigenvalue weighted by Gasteiger charge is 2.18. The fourth-order valence-electron chi connectivity index (χ4n) is 2.89. The Bertz CT molecular complexity index is 916. The van der Waals surface area contributed by atoms with Crippen LogP contribution in [0.1, 0.15) is 31.1 Å². The quantitative estimate of drug-likeness (QED) is 0.767. The van der Waals surface area contributed by atoms with Crippen LogP contribution in [0.2, 0.25) is 5.02 Å². The molecule has 1 unspecified atom stereocenters. The number of pyridine rings is 1. The highest BCUT2D eigenvalue weighted by Crippen LogP contribution is 2.24. The summed E-state index contributed by atoms with van der Waals surface area (Å²) in [5.74, 6) is 0.225. The van der Waals surface area contributed by atoms with E-state index in [-0.39, 0.29) is 17.5 Å². The molecule has 2 aromatic carbocycles. The zero-order chi connectivity index (χ0) is 17.3. The van der Waals surface area contributed by atoms with Gasteiger partial charge in [-0.3, -0.25) is 4.79 Å². The van der Waals surface area contributed by atoms with E-state index in [4.69, 9.17) is 17.3 Å². The molecule has 0 aliphatic carbocycles. The number of fused-ring (bicyclic) bond motifs is 1. The van der Waals surface area contributed by atoms with Gasteiger partial charge < -0.3 is 10.3 Å². The molecule has 1 atom stereocenters. The van der Waals surface area contributed by atoms with Crippen LogP contribution in [0.15, 0.2) is 59.4 Å². The molecule has 0 saturated heterocycles. The third-order valence-electron chi connectivity index (χ3n) is 4.35. The number of benzene rings is 2. The fourth-order valence-corrected chi connectivity index (χ4v) is 3.07. The van der Waals surface area contributed by atoms with E-state index in [0.29, 0.717) is 17.0 Å². The summed E-state index contributed by atoms with van der Waals surface area (Å²) in [5, 5.41) is 2.12. The summed E-state index contributed by atoms with van der Waals surface area (Å²) in [5.41, 5.74) is 8.28. The standard InChI is InChI=1S/C20H21ClN2O/c1-13(2)19(22)18-11-15-10-16(21)8-9-17(15)20(24)23(18)12-14-6-4-3-5-7-14/h3-11,13,19H,12,22H2,1-2H3. The van der Waals surface area contributed by atoms with Crippen molar-refractivity contribution in [2.75, 3.05) is 0 Å². The van der Waals surface area contributed by atoms with Crippen molar-refractivity contribution in [2.45, 2.75) is 26.4 Å². The Hall–Kier alpha value is -2.10. The molecule has 3 nitrogen and oxygen atoms in total. The van der Waals surface area contributed by atoms with Gasteiger partial charge in [0.15, 0.2) is 0 Å². The average Bonchev–Trinajstić information content (AvgIpc) is 2.57. The fraction of sp³-hybridized carbons (Fsp3) is 0.250. The second-order valence-corrected chi connectivity index (χ2v) is 6.88. The van der Waals surface area contributed by atoms with Crippen LogP contribution in [-0.4, -0.2) is 4.57 Å². The van der Waals surface area contributed by atoms with Crippen molar-refractivity contribution in [1.29, 1.82) is 0 Å². The largest absolute Gasteiger partial charge is 0.323 e. The van der Waals surface area contributed by atoms with Gasteiger partial charge >= 0.3 is 0 Å². The molecular weight excluding hydrogens is 320 g/mol. The lowest BCUT2D eigenvalue weighted by molar-refractivity contribution is 0.478. The van der Waals surface area contributed by atoms with Crippen LogP contribution in [0.5, 0.6) is 0 Å². The number of aromatic nitrogens is 1. The van der Waals surface area contributed by atoms with Gasteiger partial charge in [0.2, 0.25) is 0 Å². The smallest absolute Gasteiger partial charge is 0.258 e. The van der Waals surface area contributed by atoms with Crippen molar-refractivity contribution < 1.29 is 0 Å². The zero-order valence-electron chi connectivity index (χ0n) is 13.9. The van der Waals surface area contributed by atoms with E-state index in [1.165, 1.54) is 0 Å². The lowest BCUT2D eigenvalue weighted by Gasteiger charge is -2.22. The third kappa shape index (κ3) is 3.23. The first-order valence-electron chi connectivity index (χ1n) is 8.10. The maximum absolute atomic E-state index is 13.1. The predicted octanol–water partition coefficient (Wildman–Crippen LogP) is 4.36. The van der Waals surface area contributed by atoms with E-state index in [9.17, 15) is 4.79 Å². The minimum absolute atomic E-state index is 0.0286. The van der Waals surface area contributed by atoms with Crippen LogP contribution in [0.3, 0.4) is 0 Å². The molecule has 0 fully saturated rings. The van der Waals surface area contributed by atoms with Gasteiger partial charge in [-0.05, 0) is 41.1 Å². The van der Waals surface area contributed by atoms with Gasteiger partial charge in [-0.2, -0.15) is 0 Å². The molecule has 0 spiro atoms. The third-order valence-corrected chi connectivity index (χ3v) is 4.58. The highest BCUT2D eigenvalue weighted by atomic mass is 35.5. The summed E-state index contributed by atoms with van der Waals surface area (Å²) >= 11 is 6.09. The van der Waals surface area contributed by atoms with Crippen molar-refractivity contribution in [3.63, 3.8) is 0 Å². The summed E-state index contributed by atoms with van der Waals surface area (Å²) in [6, 6.07) is 17.1. The number of rotatable bonds is 4. The molecule has 1 heterocycles.